The molecule has 0 aromatic carbocycles. The van der Waals surface area contributed by atoms with Crippen molar-refractivity contribution in [3.63, 3.8) is 0 Å². The second-order valence-electron chi connectivity index (χ2n) is 6.33. The summed E-state index contributed by atoms with van der Waals surface area (Å²) in [6.45, 7) is 1.74. The van der Waals surface area contributed by atoms with Crippen LogP contribution >= 0.6 is 15.9 Å². The van der Waals surface area contributed by atoms with Crippen molar-refractivity contribution in [3.05, 3.63) is 68.9 Å². The first kappa shape index (κ1) is 15.6. The van der Waals surface area contributed by atoms with Crippen LogP contribution in [0.5, 0.6) is 0 Å². The van der Waals surface area contributed by atoms with Crippen molar-refractivity contribution in [2.24, 2.45) is 7.05 Å². The van der Waals surface area contributed by atoms with Crippen LogP contribution in [0.4, 0.5) is 0 Å². The van der Waals surface area contributed by atoms with Gasteiger partial charge in [-0.15, -0.1) is 0 Å². The van der Waals surface area contributed by atoms with E-state index >= 15 is 0 Å². The van der Waals surface area contributed by atoms with Crippen molar-refractivity contribution in [1.82, 2.24) is 18.9 Å². The van der Waals surface area contributed by atoms with Gasteiger partial charge in [0.1, 0.15) is 5.65 Å². The average Bonchev–Trinajstić information content (AvgIpc) is 3.16. The number of hydrogen-bond donors (Lipinski definition) is 0. The molecule has 124 valence electrons. The first-order valence-corrected chi connectivity index (χ1v) is 8.94. The molecule has 0 radical (unpaired) electrons. The molecule has 1 unspecified atom stereocenters. The first-order chi connectivity index (χ1) is 11.6. The zero-order chi connectivity index (χ0) is 16.7. The van der Waals surface area contributed by atoms with E-state index in [2.05, 4.69) is 55.8 Å². The van der Waals surface area contributed by atoms with Crippen molar-refractivity contribution < 1.29 is 0 Å². The molecular weight excluding hydrogens is 368 g/mol. The number of likely N-dealkylation sites (tertiary alicyclic amines) is 1. The van der Waals surface area contributed by atoms with E-state index in [4.69, 9.17) is 0 Å². The Morgan fingerprint density at radius 3 is 3.00 bits per heavy atom. The van der Waals surface area contributed by atoms with Gasteiger partial charge in [0.25, 0.3) is 5.56 Å². The molecule has 4 rings (SSSR count). The molecule has 1 fully saturated rings. The molecule has 4 heterocycles. The minimum atomic E-state index is -0.0362. The van der Waals surface area contributed by atoms with Crippen LogP contribution in [0.3, 0.4) is 0 Å². The van der Waals surface area contributed by atoms with Gasteiger partial charge in [-0.25, -0.2) is 4.98 Å². The highest BCUT2D eigenvalue weighted by atomic mass is 79.9. The van der Waals surface area contributed by atoms with E-state index < -0.39 is 0 Å². The Morgan fingerprint density at radius 1 is 1.33 bits per heavy atom. The summed E-state index contributed by atoms with van der Waals surface area (Å²) in [5, 5.41) is 0. The van der Waals surface area contributed by atoms with Gasteiger partial charge in [-0.3, -0.25) is 14.1 Å². The van der Waals surface area contributed by atoms with Crippen LogP contribution in [0, 0.1) is 0 Å². The number of fused-ring (bicyclic) bond motifs is 1. The van der Waals surface area contributed by atoms with E-state index in [0.29, 0.717) is 18.2 Å². The largest absolute Gasteiger partial charge is 0.353 e. The third-order valence-corrected chi connectivity index (χ3v) is 5.20. The molecule has 5 nitrogen and oxygen atoms in total. The Kier molecular flexibility index (Phi) is 4.02. The Labute approximate surface area is 148 Å². The summed E-state index contributed by atoms with van der Waals surface area (Å²) in [6.07, 6.45) is 6.17. The van der Waals surface area contributed by atoms with Gasteiger partial charge in [0.15, 0.2) is 0 Å². The van der Waals surface area contributed by atoms with E-state index in [1.165, 1.54) is 12.1 Å². The number of halogens is 1. The quantitative estimate of drug-likeness (QED) is 0.694. The topological polar surface area (TPSA) is 42.5 Å². The van der Waals surface area contributed by atoms with E-state index in [1.54, 1.807) is 16.7 Å². The lowest BCUT2D eigenvalue weighted by Gasteiger charge is -2.24. The van der Waals surface area contributed by atoms with Gasteiger partial charge in [0.05, 0.1) is 11.7 Å². The Balaban J connectivity index is 1.65. The molecule has 1 aliphatic heterocycles. The third-order valence-electron chi connectivity index (χ3n) is 4.73. The van der Waals surface area contributed by atoms with E-state index in [1.807, 2.05) is 12.1 Å². The van der Waals surface area contributed by atoms with Gasteiger partial charge in [-0.05, 0) is 59.6 Å². The van der Waals surface area contributed by atoms with E-state index in [0.717, 1.165) is 23.1 Å². The molecule has 6 heteroatoms. The fraction of sp³-hybridized carbons (Fsp3) is 0.333. The summed E-state index contributed by atoms with van der Waals surface area (Å²) < 4.78 is 4.63. The summed E-state index contributed by atoms with van der Waals surface area (Å²) in [5.41, 5.74) is 2.82. The predicted molar refractivity (Wildman–Crippen MR) is 97.0 cm³/mol. The monoisotopic (exact) mass is 386 g/mol. The highest BCUT2D eigenvalue weighted by Gasteiger charge is 2.27. The van der Waals surface area contributed by atoms with E-state index in [9.17, 15) is 4.79 Å². The summed E-state index contributed by atoms with van der Waals surface area (Å²) in [5.74, 6) is 0. The van der Waals surface area contributed by atoms with Crippen molar-refractivity contribution >= 4 is 21.6 Å². The zero-order valence-corrected chi connectivity index (χ0v) is 15.1. The first-order valence-electron chi connectivity index (χ1n) is 8.15. The van der Waals surface area contributed by atoms with Crippen molar-refractivity contribution in [3.8, 4) is 0 Å². The molecule has 1 atom stereocenters. The molecule has 0 spiro atoms. The van der Waals surface area contributed by atoms with Gasteiger partial charge in [0.2, 0.25) is 0 Å². The van der Waals surface area contributed by atoms with E-state index in [-0.39, 0.29) is 5.56 Å². The maximum Gasteiger partial charge on any atom is 0.258 e. The molecule has 0 saturated carbocycles. The van der Waals surface area contributed by atoms with Crippen LogP contribution in [0.15, 0.2) is 52.0 Å². The summed E-state index contributed by atoms with van der Waals surface area (Å²) >= 11 is 3.39. The average molecular weight is 387 g/mol. The van der Waals surface area contributed by atoms with Gasteiger partial charge >= 0.3 is 0 Å². The number of pyridine rings is 1. The lowest BCUT2D eigenvalue weighted by atomic mass is 10.1. The lowest BCUT2D eigenvalue weighted by Crippen LogP contribution is -2.26. The van der Waals surface area contributed by atoms with Crippen LogP contribution in [-0.4, -0.2) is 25.4 Å². The highest BCUT2D eigenvalue weighted by molar-refractivity contribution is 9.10. The zero-order valence-electron chi connectivity index (χ0n) is 13.5. The van der Waals surface area contributed by atoms with Gasteiger partial charge in [-0.1, -0.05) is 0 Å². The molecule has 0 aliphatic carbocycles. The van der Waals surface area contributed by atoms with Gasteiger partial charge < -0.3 is 4.57 Å². The number of hydrogen-bond acceptors (Lipinski definition) is 3. The van der Waals surface area contributed by atoms with Crippen LogP contribution in [0.25, 0.3) is 5.65 Å². The Hall–Kier alpha value is -1.92. The lowest BCUT2D eigenvalue weighted by molar-refractivity contribution is 0.238. The molecule has 1 saturated heterocycles. The predicted octanol–water partition coefficient (Wildman–Crippen LogP) is 3.13. The normalized spacial score (nSPS) is 18.5. The third kappa shape index (κ3) is 2.80. The summed E-state index contributed by atoms with van der Waals surface area (Å²) in [4.78, 5) is 19.5. The molecule has 0 amide bonds. The Bertz CT molecular complexity index is 946. The number of aryl methyl sites for hydroxylation is 1. The van der Waals surface area contributed by atoms with Gasteiger partial charge in [0, 0.05) is 42.2 Å². The van der Waals surface area contributed by atoms with Crippen LogP contribution in [0.2, 0.25) is 0 Å². The number of aromatic nitrogens is 3. The van der Waals surface area contributed by atoms with Crippen molar-refractivity contribution in [2.45, 2.75) is 25.4 Å². The molecule has 3 aromatic rings. The molecule has 0 N–H and O–H groups in total. The smallest absolute Gasteiger partial charge is 0.258 e. The minimum absolute atomic E-state index is 0.0362. The van der Waals surface area contributed by atoms with Crippen LogP contribution in [0.1, 0.15) is 30.3 Å². The highest BCUT2D eigenvalue weighted by Crippen LogP contribution is 2.32. The fourth-order valence-electron chi connectivity index (χ4n) is 3.59. The number of nitrogens with zero attached hydrogens (tertiary/aromatic N) is 4. The molecule has 1 aliphatic rings. The molecule has 0 bridgehead atoms. The fourth-order valence-corrected chi connectivity index (χ4v) is 3.92. The summed E-state index contributed by atoms with van der Waals surface area (Å²) in [7, 11) is 2.09. The summed E-state index contributed by atoms with van der Waals surface area (Å²) in [6, 6.07) is 10.1. The SMILES string of the molecule is Cn1cccc1C1CCCN1Cc1cc(=O)n2cc(Br)ccc2n1. The molecule has 24 heavy (non-hydrogen) atoms. The second-order valence-corrected chi connectivity index (χ2v) is 7.25. The van der Waals surface area contributed by atoms with Crippen LogP contribution in [-0.2, 0) is 13.6 Å². The molecule has 3 aromatic heterocycles. The van der Waals surface area contributed by atoms with Gasteiger partial charge in [-0.2, -0.15) is 0 Å². The molecular formula is C18H19BrN4O. The Morgan fingerprint density at radius 2 is 2.21 bits per heavy atom. The number of rotatable bonds is 3. The van der Waals surface area contributed by atoms with Crippen molar-refractivity contribution in [2.75, 3.05) is 6.54 Å². The second kappa shape index (κ2) is 6.18. The standard InChI is InChI=1S/C18H19BrN4O/c1-21-8-2-4-15(21)16-5-3-9-22(16)12-14-10-18(24)23-11-13(19)6-7-17(23)20-14/h2,4,6-8,10-11,16H,3,5,9,12H2,1H3. The maximum atomic E-state index is 12.4. The van der Waals surface area contributed by atoms with Crippen molar-refractivity contribution in [1.29, 1.82) is 0 Å². The minimum Gasteiger partial charge on any atom is -0.353 e. The maximum absolute atomic E-state index is 12.4. The van der Waals surface area contributed by atoms with Crippen LogP contribution < -0.4 is 5.56 Å².